The monoisotopic (exact) mass is 315 g/mol. The first-order valence-corrected chi connectivity index (χ1v) is 8.44. The molecule has 4 heteroatoms. The summed E-state index contributed by atoms with van der Waals surface area (Å²) in [4.78, 5) is 24.2. The van der Waals surface area contributed by atoms with E-state index in [1.54, 1.807) is 0 Å². The number of nitrogens with two attached hydrogens (primary N) is 1. The van der Waals surface area contributed by atoms with Gasteiger partial charge in [-0.1, -0.05) is 26.0 Å². The zero-order valence-corrected chi connectivity index (χ0v) is 13.6. The first-order valence-electron chi connectivity index (χ1n) is 8.44. The maximum absolute atomic E-state index is 14.1. The van der Waals surface area contributed by atoms with Crippen molar-refractivity contribution in [1.82, 2.24) is 0 Å². The van der Waals surface area contributed by atoms with Gasteiger partial charge in [-0.2, -0.15) is 0 Å². The van der Waals surface area contributed by atoms with E-state index in [9.17, 15) is 14.0 Å². The number of halogens is 1. The SMILES string of the molecule is C[C@]12C=C(F)C(=O)C(N)=C1C=C[C@@H]1[C@@H]2CC[C@]2(C)C(=O)CC[C@@H]12. The topological polar surface area (TPSA) is 60.2 Å². The van der Waals surface area contributed by atoms with Gasteiger partial charge < -0.3 is 5.73 Å². The third-order valence-corrected chi connectivity index (χ3v) is 7.06. The first-order chi connectivity index (χ1) is 10.8. The fourth-order valence-corrected chi connectivity index (χ4v) is 5.67. The van der Waals surface area contributed by atoms with Crippen LogP contribution in [0.25, 0.3) is 0 Å². The number of ketones is 2. The molecule has 3 nitrogen and oxygen atoms in total. The fourth-order valence-electron chi connectivity index (χ4n) is 5.67. The summed E-state index contributed by atoms with van der Waals surface area (Å²) < 4.78 is 14.1. The van der Waals surface area contributed by atoms with Crippen molar-refractivity contribution in [3.8, 4) is 0 Å². The number of fused-ring (bicyclic) bond motifs is 5. The van der Waals surface area contributed by atoms with E-state index in [-0.39, 0.29) is 22.9 Å². The Balaban J connectivity index is 1.83. The van der Waals surface area contributed by atoms with Crippen LogP contribution < -0.4 is 5.73 Å². The minimum atomic E-state index is -0.737. The Hall–Kier alpha value is -1.71. The molecule has 0 amide bonds. The van der Waals surface area contributed by atoms with Gasteiger partial charge in [-0.05, 0) is 48.7 Å². The number of carbonyl (C=O) groups is 2. The van der Waals surface area contributed by atoms with Crippen molar-refractivity contribution in [2.75, 3.05) is 0 Å². The van der Waals surface area contributed by atoms with E-state index in [0.717, 1.165) is 24.8 Å². The number of allylic oxidation sites excluding steroid dienone is 5. The molecule has 0 unspecified atom stereocenters. The zero-order chi connectivity index (χ0) is 16.6. The molecule has 0 heterocycles. The Morgan fingerprint density at radius 3 is 2.70 bits per heavy atom. The highest BCUT2D eigenvalue weighted by Gasteiger charge is 2.58. The van der Waals surface area contributed by atoms with Crippen LogP contribution in [-0.2, 0) is 9.59 Å². The predicted octanol–water partition coefficient (Wildman–Crippen LogP) is 3.22. The van der Waals surface area contributed by atoms with Crippen molar-refractivity contribution in [2.24, 2.45) is 34.3 Å². The number of Topliss-reactive ketones (excluding diaryl/α,β-unsaturated/α-hetero) is 2. The van der Waals surface area contributed by atoms with Crippen molar-refractivity contribution in [3.63, 3.8) is 0 Å². The Bertz CT molecular complexity index is 719. The molecule has 0 aromatic rings. The molecule has 2 fully saturated rings. The second-order valence-corrected chi connectivity index (χ2v) is 8.00. The molecule has 0 saturated heterocycles. The molecule has 0 radical (unpaired) electrons. The molecular weight excluding hydrogens is 293 g/mol. The van der Waals surface area contributed by atoms with E-state index in [1.165, 1.54) is 6.08 Å². The molecule has 4 aliphatic rings. The van der Waals surface area contributed by atoms with E-state index in [2.05, 4.69) is 13.0 Å². The van der Waals surface area contributed by atoms with Gasteiger partial charge in [0.1, 0.15) is 5.78 Å². The van der Waals surface area contributed by atoms with Crippen LogP contribution in [0.3, 0.4) is 0 Å². The highest BCUT2D eigenvalue weighted by molar-refractivity contribution is 6.08. The molecule has 2 saturated carbocycles. The van der Waals surface area contributed by atoms with Crippen LogP contribution in [0, 0.1) is 28.6 Å². The molecule has 4 aliphatic carbocycles. The molecule has 2 N–H and O–H groups in total. The van der Waals surface area contributed by atoms with Gasteiger partial charge in [0.25, 0.3) is 0 Å². The summed E-state index contributed by atoms with van der Waals surface area (Å²) in [5.74, 6) is -0.293. The molecule has 122 valence electrons. The lowest BCUT2D eigenvalue weighted by Gasteiger charge is -2.53. The fraction of sp³-hybridized carbons (Fsp3) is 0.579. The zero-order valence-electron chi connectivity index (χ0n) is 13.6. The number of hydrogen-bond donors (Lipinski definition) is 1. The van der Waals surface area contributed by atoms with Crippen LogP contribution in [0.5, 0.6) is 0 Å². The molecule has 0 aromatic carbocycles. The summed E-state index contributed by atoms with van der Waals surface area (Å²) in [6, 6.07) is 0. The summed E-state index contributed by atoms with van der Waals surface area (Å²) in [5, 5.41) is 0. The van der Waals surface area contributed by atoms with Crippen LogP contribution >= 0.6 is 0 Å². The lowest BCUT2D eigenvalue weighted by atomic mass is 9.50. The van der Waals surface area contributed by atoms with Crippen molar-refractivity contribution >= 4 is 11.6 Å². The average molecular weight is 315 g/mol. The highest BCUT2D eigenvalue weighted by Crippen LogP contribution is 2.62. The Kier molecular flexibility index (Phi) is 2.86. The third-order valence-electron chi connectivity index (χ3n) is 7.06. The van der Waals surface area contributed by atoms with Crippen LogP contribution in [0.2, 0.25) is 0 Å². The number of hydrogen-bond acceptors (Lipinski definition) is 3. The van der Waals surface area contributed by atoms with Gasteiger partial charge in [-0.15, -0.1) is 0 Å². The van der Waals surface area contributed by atoms with Crippen molar-refractivity contribution in [1.29, 1.82) is 0 Å². The lowest BCUT2D eigenvalue weighted by Crippen LogP contribution is -2.49. The minimum absolute atomic E-state index is 0.0398. The molecule has 0 spiro atoms. The van der Waals surface area contributed by atoms with Gasteiger partial charge in [-0.25, -0.2) is 4.39 Å². The molecule has 0 aliphatic heterocycles. The number of carbonyl (C=O) groups excluding carboxylic acids is 2. The standard InChI is InChI=1S/C19H22FNO2/c1-18-8-7-12-10(11(18)5-6-15(18)22)3-4-13-16(21)17(23)14(20)9-19(12,13)2/h3-4,9-12H,5-8,21H2,1-2H3/t10-,11-,12-,18-,19+/m0/s1. The van der Waals surface area contributed by atoms with Crippen LogP contribution in [0.15, 0.2) is 35.3 Å². The molecule has 0 aromatic heterocycles. The maximum Gasteiger partial charge on any atom is 0.236 e. The van der Waals surface area contributed by atoms with E-state index in [0.29, 0.717) is 18.1 Å². The molecule has 5 atom stereocenters. The van der Waals surface area contributed by atoms with Gasteiger partial charge in [0.15, 0.2) is 5.83 Å². The second-order valence-electron chi connectivity index (χ2n) is 8.00. The number of rotatable bonds is 0. The summed E-state index contributed by atoms with van der Waals surface area (Å²) in [5.41, 5.74) is 5.94. The van der Waals surface area contributed by atoms with Crippen molar-refractivity contribution in [3.05, 3.63) is 35.3 Å². The van der Waals surface area contributed by atoms with E-state index < -0.39 is 17.0 Å². The minimum Gasteiger partial charge on any atom is -0.395 e. The van der Waals surface area contributed by atoms with Gasteiger partial charge >= 0.3 is 0 Å². The summed E-state index contributed by atoms with van der Waals surface area (Å²) >= 11 is 0. The van der Waals surface area contributed by atoms with E-state index in [1.807, 2.05) is 13.0 Å². The molecular formula is C19H22FNO2. The van der Waals surface area contributed by atoms with Crippen LogP contribution in [-0.4, -0.2) is 11.6 Å². The largest absolute Gasteiger partial charge is 0.395 e. The van der Waals surface area contributed by atoms with Crippen molar-refractivity contribution in [2.45, 2.75) is 39.5 Å². The Labute approximate surface area is 135 Å². The third kappa shape index (κ3) is 1.69. The van der Waals surface area contributed by atoms with E-state index in [4.69, 9.17) is 5.73 Å². The van der Waals surface area contributed by atoms with Gasteiger partial charge in [0.05, 0.1) is 5.70 Å². The van der Waals surface area contributed by atoms with E-state index >= 15 is 0 Å². The Morgan fingerprint density at radius 1 is 1.22 bits per heavy atom. The molecule has 0 bridgehead atoms. The first kappa shape index (κ1) is 14.9. The van der Waals surface area contributed by atoms with Crippen LogP contribution in [0.4, 0.5) is 4.39 Å². The Morgan fingerprint density at radius 2 is 1.96 bits per heavy atom. The highest BCUT2D eigenvalue weighted by atomic mass is 19.1. The maximum atomic E-state index is 14.1. The van der Waals surface area contributed by atoms with Crippen LogP contribution in [0.1, 0.15) is 39.5 Å². The predicted molar refractivity (Wildman–Crippen MR) is 84.7 cm³/mol. The van der Waals surface area contributed by atoms with Gasteiger partial charge in [0, 0.05) is 17.3 Å². The smallest absolute Gasteiger partial charge is 0.236 e. The summed E-state index contributed by atoms with van der Waals surface area (Å²) in [7, 11) is 0. The quantitative estimate of drug-likeness (QED) is 0.746. The normalized spacial score (nSPS) is 45.5. The molecule has 23 heavy (non-hydrogen) atoms. The lowest BCUT2D eigenvalue weighted by molar-refractivity contribution is -0.130. The average Bonchev–Trinajstić information content (AvgIpc) is 2.80. The summed E-state index contributed by atoms with van der Waals surface area (Å²) in [6.07, 6.45) is 8.78. The molecule has 4 rings (SSSR count). The van der Waals surface area contributed by atoms with Gasteiger partial charge in [0.2, 0.25) is 5.78 Å². The van der Waals surface area contributed by atoms with Crippen molar-refractivity contribution < 1.29 is 14.0 Å². The van der Waals surface area contributed by atoms with Gasteiger partial charge in [-0.3, -0.25) is 9.59 Å². The second kappa shape index (κ2) is 4.43. The summed E-state index contributed by atoms with van der Waals surface area (Å²) in [6.45, 7) is 4.09.